The zero-order valence-electron chi connectivity index (χ0n) is 12.2. The van der Waals surface area contributed by atoms with Crippen molar-refractivity contribution >= 4 is 29.3 Å². The van der Waals surface area contributed by atoms with Crippen LogP contribution in [0.3, 0.4) is 0 Å². The van der Waals surface area contributed by atoms with Gasteiger partial charge in [-0.2, -0.15) is 0 Å². The molecule has 0 heterocycles. The van der Waals surface area contributed by atoms with E-state index in [0.29, 0.717) is 10.6 Å². The van der Waals surface area contributed by atoms with Crippen molar-refractivity contribution in [2.24, 2.45) is 5.73 Å². The highest BCUT2D eigenvalue weighted by atomic mass is 35.5. The predicted molar refractivity (Wildman–Crippen MR) is 82.5 cm³/mol. The van der Waals surface area contributed by atoms with Gasteiger partial charge in [0.2, 0.25) is 0 Å². The highest BCUT2D eigenvalue weighted by molar-refractivity contribution is 6.35. The molecular formula is C14H19Cl2FN2O2. The molecule has 1 aromatic carbocycles. The second-order valence-corrected chi connectivity index (χ2v) is 6.42. The molecule has 21 heavy (non-hydrogen) atoms. The van der Waals surface area contributed by atoms with Crippen molar-refractivity contribution in [3.8, 4) is 0 Å². The number of nitrogens with one attached hydrogen (secondary N) is 1. The molecule has 0 aliphatic rings. The molecule has 1 unspecified atom stereocenters. The molecule has 0 radical (unpaired) electrons. The van der Waals surface area contributed by atoms with E-state index in [1.54, 1.807) is 20.8 Å². The summed E-state index contributed by atoms with van der Waals surface area (Å²) in [4.78, 5) is 11.6. The summed E-state index contributed by atoms with van der Waals surface area (Å²) in [6.45, 7) is 5.66. The lowest BCUT2D eigenvalue weighted by atomic mass is 9.99. The molecule has 0 aliphatic heterocycles. The van der Waals surface area contributed by atoms with E-state index in [1.807, 2.05) is 0 Å². The summed E-state index contributed by atoms with van der Waals surface area (Å²) in [5.74, 6) is -0.913. The SMILES string of the molecule is CC(C)(C)OC(=O)NCC(CN)c1cc(F)c(Cl)cc1Cl. The second-order valence-electron chi connectivity index (χ2n) is 5.60. The molecule has 0 aromatic heterocycles. The summed E-state index contributed by atoms with van der Waals surface area (Å²) in [5.41, 5.74) is 5.58. The molecule has 1 aromatic rings. The Morgan fingerprint density at radius 2 is 2.00 bits per heavy atom. The van der Waals surface area contributed by atoms with E-state index in [4.69, 9.17) is 33.7 Å². The molecule has 3 N–H and O–H groups in total. The van der Waals surface area contributed by atoms with Crippen molar-refractivity contribution in [1.82, 2.24) is 5.32 Å². The number of ether oxygens (including phenoxy) is 1. The number of rotatable bonds is 4. The number of benzene rings is 1. The molecule has 0 fully saturated rings. The molecular weight excluding hydrogens is 318 g/mol. The zero-order valence-corrected chi connectivity index (χ0v) is 13.7. The lowest BCUT2D eigenvalue weighted by Gasteiger charge is -2.22. The number of carbonyl (C=O) groups is 1. The van der Waals surface area contributed by atoms with E-state index in [2.05, 4.69) is 5.32 Å². The number of alkyl carbamates (subject to hydrolysis) is 1. The van der Waals surface area contributed by atoms with Gasteiger partial charge in [0.15, 0.2) is 0 Å². The normalized spacial score (nSPS) is 12.9. The average molecular weight is 337 g/mol. The smallest absolute Gasteiger partial charge is 0.407 e. The summed E-state index contributed by atoms with van der Waals surface area (Å²) in [7, 11) is 0. The van der Waals surface area contributed by atoms with Crippen LogP contribution >= 0.6 is 23.2 Å². The Morgan fingerprint density at radius 1 is 1.38 bits per heavy atom. The summed E-state index contributed by atoms with van der Waals surface area (Å²) in [5, 5.41) is 2.85. The Hall–Kier alpha value is -1.04. The predicted octanol–water partition coefficient (Wildman–Crippen LogP) is 3.70. The molecule has 4 nitrogen and oxygen atoms in total. The molecule has 1 amide bonds. The van der Waals surface area contributed by atoms with E-state index in [-0.39, 0.29) is 24.0 Å². The minimum Gasteiger partial charge on any atom is -0.444 e. The van der Waals surface area contributed by atoms with Gasteiger partial charge >= 0.3 is 6.09 Å². The highest BCUT2D eigenvalue weighted by Crippen LogP contribution is 2.29. The lowest BCUT2D eigenvalue weighted by molar-refractivity contribution is 0.0525. The topological polar surface area (TPSA) is 64.3 Å². The first-order valence-electron chi connectivity index (χ1n) is 6.45. The standard InChI is InChI=1S/C14H19Cl2FN2O2/c1-14(2,3)21-13(20)19-7-8(6-18)9-4-12(17)11(16)5-10(9)15/h4-5,8H,6-7,18H2,1-3H3,(H,19,20). The Bertz CT molecular complexity index is 518. The maximum absolute atomic E-state index is 13.5. The van der Waals surface area contributed by atoms with Gasteiger partial charge in [-0.1, -0.05) is 23.2 Å². The number of hydrogen-bond acceptors (Lipinski definition) is 3. The van der Waals surface area contributed by atoms with Crippen molar-refractivity contribution in [3.63, 3.8) is 0 Å². The summed E-state index contributed by atoms with van der Waals surface area (Å²) >= 11 is 11.7. The third kappa shape index (κ3) is 5.69. The summed E-state index contributed by atoms with van der Waals surface area (Å²) < 4.78 is 18.7. The molecule has 118 valence electrons. The lowest BCUT2D eigenvalue weighted by Crippen LogP contribution is -2.36. The number of nitrogens with two attached hydrogens (primary N) is 1. The van der Waals surface area contributed by atoms with E-state index in [9.17, 15) is 9.18 Å². The Kier molecular flexibility index (Phi) is 6.25. The van der Waals surface area contributed by atoms with Gasteiger partial charge < -0.3 is 15.8 Å². The molecule has 0 saturated heterocycles. The van der Waals surface area contributed by atoms with Gasteiger partial charge in [0.05, 0.1) is 5.02 Å². The quantitative estimate of drug-likeness (QED) is 0.824. The minimum atomic E-state index is -0.591. The first-order chi connectivity index (χ1) is 9.64. The van der Waals surface area contributed by atoms with E-state index in [0.717, 1.165) is 0 Å². The van der Waals surface area contributed by atoms with Gasteiger partial charge in [-0.15, -0.1) is 0 Å². The first-order valence-corrected chi connectivity index (χ1v) is 7.21. The number of amides is 1. The summed E-state index contributed by atoms with van der Waals surface area (Å²) in [6.07, 6.45) is -0.563. The molecule has 1 rings (SSSR count). The van der Waals surface area contributed by atoms with Crippen LogP contribution in [0.1, 0.15) is 32.3 Å². The van der Waals surface area contributed by atoms with Crippen LogP contribution in [0.25, 0.3) is 0 Å². The van der Waals surface area contributed by atoms with Crippen LogP contribution < -0.4 is 11.1 Å². The molecule has 0 aliphatic carbocycles. The fourth-order valence-electron chi connectivity index (χ4n) is 1.69. The van der Waals surface area contributed by atoms with Crippen LogP contribution in [-0.4, -0.2) is 24.8 Å². The van der Waals surface area contributed by atoms with Crippen LogP contribution in [0.2, 0.25) is 10.0 Å². The van der Waals surface area contributed by atoms with E-state index >= 15 is 0 Å². The first kappa shape index (κ1) is 18.0. The average Bonchev–Trinajstić information content (AvgIpc) is 2.33. The fourth-order valence-corrected chi connectivity index (χ4v) is 2.23. The van der Waals surface area contributed by atoms with Gasteiger partial charge in [-0.25, -0.2) is 9.18 Å². The van der Waals surface area contributed by atoms with Gasteiger partial charge in [-0.3, -0.25) is 0 Å². The maximum atomic E-state index is 13.5. The Morgan fingerprint density at radius 3 is 2.52 bits per heavy atom. The third-order valence-electron chi connectivity index (χ3n) is 2.66. The molecule has 7 heteroatoms. The molecule has 0 saturated carbocycles. The zero-order chi connectivity index (χ0) is 16.2. The van der Waals surface area contributed by atoms with Crippen LogP contribution in [-0.2, 0) is 4.74 Å². The Labute approximate surface area is 133 Å². The number of carbonyl (C=O) groups excluding carboxylic acids is 1. The fraction of sp³-hybridized carbons (Fsp3) is 0.500. The van der Waals surface area contributed by atoms with Gasteiger partial charge in [0.1, 0.15) is 11.4 Å². The second kappa shape index (κ2) is 7.29. The monoisotopic (exact) mass is 336 g/mol. The van der Waals surface area contributed by atoms with Gasteiger partial charge in [0, 0.05) is 24.0 Å². The van der Waals surface area contributed by atoms with Crippen LogP contribution in [0.5, 0.6) is 0 Å². The Balaban J connectivity index is 2.76. The van der Waals surface area contributed by atoms with Gasteiger partial charge in [0.25, 0.3) is 0 Å². The minimum absolute atomic E-state index is 0.0559. The maximum Gasteiger partial charge on any atom is 0.407 e. The third-order valence-corrected chi connectivity index (χ3v) is 3.27. The van der Waals surface area contributed by atoms with E-state index in [1.165, 1.54) is 12.1 Å². The van der Waals surface area contributed by atoms with Crippen molar-refractivity contribution in [1.29, 1.82) is 0 Å². The van der Waals surface area contributed by atoms with Crippen LogP contribution in [0.15, 0.2) is 12.1 Å². The largest absolute Gasteiger partial charge is 0.444 e. The van der Waals surface area contributed by atoms with Crippen molar-refractivity contribution in [3.05, 3.63) is 33.6 Å². The number of halogens is 3. The molecule has 0 spiro atoms. The number of hydrogen-bond donors (Lipinski definition) is 2. The molecule has 0 bridgehead atoms. The van der Waals surface area contributed by atoms with Crippen molar-refractivity contribution < 1.29 is 13.9 Å². The highest BCUT2D eigenvalue weighted by Gasteiger charge is 2.20. The van der Waals surface area contributed by atoms with Gasteiger partial charge in [-0.05, 0) is 38.5 Å². The molecule has 1 atom stereocenters. The van der Waals surface area contributed by atoms with Crippen LogP contribution in [0, 0.1) is 5.82 Å². The van der Waals surface area contributed by atoms with Crippen molar-refractivity contribution in [2.45, 2.75) is 32.3 Å². The van der Waals surface area contributed by atoms with E-state index < -0.39 is 17.5 Å². The van der Waals surface area contributed by atoms with Crippen LogP contribution in [0.4, 0.5) is 9.18 Å². The van der Waals surface area contributed by atoms with Crippen molar-refractivity contribution in [2.75, 3.05) is 13.1 Å². The summed E-state index contributed by atoms with van der Waals surface area (Å²) in [6, 6.07) is 2.56.